The minimum Gasteiger partial charge on any atom is -0.493 e. The zero-order valence-corrected chi connectivity index (χ0v) is 16.0. The lowest BCUT2D eigenvalue weighted by molar-refractivity contribution is -0.121. The van der Waals surface area contributed by atoms with Crippen LogP contribution in [0.3, 0.4) is 0 Å². The van der Waals surface area contributed by atoms with Crippen LogP contribution in [0.4, 0.5) is 0 Å². The lowest BCUT2D eigenvalue weighted by atomic mass is 10.2. The zero-order valence-electron chi connectivity index (χ0n) is 15.2. The van der Waals surface area contributed by atoms with Crippen LogP contribution in [0, 0.1) is 0 Å². The fourth-order valence-electron chi connectivity index (χ4n) is 2.47. The van der Waals surface area contributed by atoms with E-state index < -0.39 is 22.5 Å². The van der Waals surface area contributed by atoms with E-state index in [4.69, 9.17) is 9.47 Å². The number of aromatic amines is 1. The first-order valence-corrected chi connectivity index (χ1v) is 9.71. The van der Waals surface area contributed by atoms with Gasteiger partial charge in [-0.3, -0.25) is 4.79 Å². The summed E-state index contributed by atoms with van der Waals surface area (Å²) in [7, 11) is -2.59. The lowest BCUT2D eigenvalue weighted by Gasteiger charge is -2.12. The second-order valence-corrected chi connectivity index (χ2v) is 7.38. The minimum atomic E-state index is -4.06. The van der Waals surface area contributed by atoms with E-state index in [9.17, 15) is 13.2 Å². The van der Waals surface area contributed by atoms with E-state index in [1.165, 1.54) is 25.3 Å². The van der Waals surface area contributed by atoms with Crippen LogP contribution in [0.2, 0.25) is 0 Å². The number of allylic oxidation sites excluding steroid dienone is 1. The summed E-state index contributed by atoms with van der Waals surface area (Å²) in [6.07, 6.45) is 3.77. The predicted octanol–water partition coefficient (Wildman–Crippen LogP) is 1.88. The van der Waals surface area contributed by atoms with Gasteiger partial charge in [0.05, 0.1) is 12.0 Å². The summed E-state index contributed by atoms with van der Waals surface area (Å²) >= 11 is 0. The summed E-state index contributed by atoms with van der Waals surface area (Å²) in [4.78, 5) is 12.0. The molecule has 28 heavy (non-hydrogen) atoms. The lowest BCUT2D eigenvalue weighted by Crippen LogP contribution is -2.34. The summed E-state index contributed by atoms with van der Waals surface area (Å²) in [5, 5.41) is 10.1. The Morgan fingerprint density at radius 2 is 1.93 bits per heavy atom. The maximum Gasteiger partial charge on any atom is 0.271 e. The Morgan fingerprint density at radius 1 is 1.14 bits per heavy atom. The van der Waals surface area contributed by atoms with Gasteiger partial charge < -0.3 is 9.47 Å². The van der Waals surface area contributed by atoms with Crippen LogP contribution in [0.25, 0.3) is 17.1 Å². The Hall–Kier alpha value is -3.40. The Morgan fingerprint density at radius 3 is 2.68 bits per heavy atom. The minimum absolute atomic E-state index is 0.101. The number of carbonyl (C=O) groups excluding carboxylic acids is 1. The van der Waals surface area contributed by atoms with Crippen molar-refractivity contribution in [1.82, 2.24) is 20.1 Å². The highest BCUT2D eigenvalue weighted by molar-refractivity contribution is 7.90. The van der Waals surface area contributed by atoms with Crippen LogP contribution >= 0.6 is 0 Å². The van der Waals surface area contributed by atoms with Gasteiger partial charge in [0.2, 0.25) is 0 Å². The third-order valence-electron chi connectivity index (χ3n) is 3.75. The molecule has 0 atom stereocenters. The molecule has 2 aromatic carbocycles. The number of hydrogen-bond donors (Lipinski definition) is 2. The Balaban J connectivity index is 1.68. The largest absolute Gasteiger partial charge is 0.493 e. The van der Waals surface area contributed by atoms with Crippen LogP contribution in [0.1, 0.15) is 12.5 Å². The van der Waals surface area contributed by atoms with Gasteiger partial charge in [-0.25, -0.2) is 13.1 Å². The number of benzene rings is 2. The van der Waals surface area contributed by atoms with Crippen LogP contribution in [-0.4, -0.2) is 43.5 Å². The highest BCUT2D eigenvalue weighted by Crippen LogP contribution is 2.28. The third kappa shape index (κ3) is 4.29. The van der Waals surface area contributed by atoms with Gasteiger partial charge in [0.1, 0.15) is 11.0 Å². The van der Waals surface area contributed by atoms with Crippen molar-refractivity contribution in [2.45, 2.75) is 11.8 Å². The number of ether oxygens (including phenoxy) is 2. The molecule has 0 saturated heterocycles. The molecule has 0 spiro atoms. The molecule has 0 fully saturated rings. The zero-order chi connectivity index (χ0) is 20.1. The molecule has 0 aliphatic carbocycles. The van der Waals surface area contributed by atoms with E-state index in [0.29, 0.717) is 22.5 Å². The standard InChI is InChI=1S/C18H18N4O5S/c1-3-4-12-5-8-16(17(9-12)26-2)27-11-18(23)21-28(24,25)13-6-7-14-15(10-13)20-22-19-14/h3-10H,11H2,1-2H3,(H,21,23)(H,19,20,22)/b4-3+. The van der Waals surface area contributed by atoms with Crippen LogP contribution in [-0.2, 0) is 14.8 Å². The number of hydrogen-bond acceptors (Lipinski definition) is 7. The molecule has 3 rings (SSSR count). The van der Waals surface area contributed by atoms with E-state index in [0.717, 1.165) is 5.56 Å². The number of sulfonamides is 1. The number of H-pyrrole nitrogens is 1. The maximum absolute atomic E-state index is 12.4. The molecule has 0 aliphatic heterocycles. The van der Waals surface area contributed by atoms with Crippen LogP contribution in [0.15, 0.2) is 47.4 Å². The molecule has 10 heteroatoms. The van der Waals surface area contributed by atoms with Crippen molar-refractivity contribution in [2.75, 3.05) is 13.7 Å². The average Bonchev–Trinajstić information content (AvgIpc) is 3.14. The molecular weight excluding hydrogens is 384 g/mol. The SMILES string of the molecule is C/C=C/c1ccc(OCC(=O)NS(=O)(=O)c2ccc3n[nH]nc3c2)c(OC)c1. The van der Waals surface area contributed by atoms with Crippen molar-refractivity contribution < 1.29 is 22.7 Å². The topological polar surface area (TPSA) is 123 Å². The number of fused-ring (bicyclic) bond motifs is 1. The molecule has 0 aliphatic rings. The second-order valence-electron chi connectivity index (χ2n) is 5.70. The first-order valence-electron chi connectivity index (χ1n) is 8.22. The molecule has 146 valence electrons. The predicted molar refractivity (Wildman–Crippen MR) is 102 cm³/mol. The van der Waals surface area contributed by atoms with Crippen molar-refractivity contribution in [2.24, 2.45) is 0 Å². The number of carbonyl (C=O) groups is 1. The smallest absolute Gasteiger partial charge is 0.271 e. The number of nitrogens with zero attached hydrogens (tertiary/aromatic N) is 2. The number of aromatic nitrogens is 3. The number of nitrogens with one attached hydrogen (secondary N) is 2. The van der Waals surface area contributed by atoms with E-state index in [1.807, 2.05) is 23.8 Å². The molecule has 3 aromatic rings. The molecule has 0 radical (unpaired) electrons. The fraction of sp³-hybridized carbons (Fsp3) is 0.167. The molecule has 0 bridgehead atoms. The van der Waals surface area contributed by atoms with E-state index >= 15 is 0 Å². The molecule has 2 N–H and O–H groups in total. The van der Waals surface area contributed by atoms with Crippen molar-refractivity contribution in [3.63, 3.8) is 0 Å². The van der Waals surface area contributed by atoms with Gasteiger partial charge in [0, 0.05) is 0 Å². The first-order chi connectivity index (χ1) is 13.4. The van der Waals surface area contributed by atoms with Crippen molar-refractivity contribution in [1.29, 1.82) is 0 Å². The first kappa shape index (κ1) is 19.4. The van der Waals surface area contributed by atoms with Crippen molar-refractivity contribution in [3.05, 3.63) is 48.0 Å². The second kappa shape index (κ2) is 8.09. The van der Waals surface area contributed by atoms with Gasteiger partial charge in [0.25, 0.3) is 15.9 Å². The molecule has 9 nitrogen and oxygen atoms in total. The average molecular weight is 402 g/mol. The summed E-state index contributed by atoms with van der Waals surface area (Å²) in [6.45, 7) is 1.40. The Labute approximate surface area is 161 Å². The van der Waals surface area contributed by atoms with Gasteiger partial charge in [-0.15, -0.1) is 0 Å². The molecule has 1 aromatic heterocycles. The highest BCUT2D eigenvalue weighted by Gasteiger charge is 2.19. The summed E-state index contributed by atoms with van der Waals surface area (Å²) in [6, 6.07) is 9.33. The molecule has 0 unspecified atom stereocenters. The van der Waals surface area contributed by atoms with Crippen molar-refractivity contribution >= 4 is 33.0 Å². The Kier molecular flexibility index (Phi) is 5.59. The summed E-state index contributed by atoms with van der Waals surface area (Å²) < 4.78 is 37.4. The third-order valence-corrected chi connectivity index (χ3v) is 5.12. The van der Waals surface area contributed by atoms with Crippen LogP contribution < -0.4 is 14.2 Å². The van der Waals surface area contributed by atoms with Gasteiger partial charge in [-0.05, 0) is 42.8 Å². The Bertz CT molecular complexity index is 1140. The number of rotatable bonds is 7. The fourth-order valence-corrected chi connectivity index (χ4v) is 3.46. The molecule has 1 amide bonds. The van der Waals surface area contributed by atoms with Gasteiger partial charge in [0.15, 0.2) is 18.1 Å². The van der Waals surface area contributed by atoms with E-state index in [1.54, 1.807) is 18.2 Å². The van der Waals surface area contributed by atoms with Crippen LogP contribution in [0.5, 0.6) is 11.5 Å². The molecule has 1 heterocycles. The van der Waals surface area contributed by atoms with Gasteiger partial charge in [-0.2, -0.15) is 15.4 Å². The molecular formula is C18H18N4O5S. The normalized spacial score (nSPS) is 11.6. The summed E-state index contributed by atoms with van der Waals surface area (Å²) in [5.74, 6) is -0.0603. The van der Waals surface area contributed by atoms with Gasteiger partial charge >= 0.3 is 0 Å². The number of amides is 1. The van der Waals surface area contributed by atoms with E-state index in [-0.39, 0.29) is 4.90 Å². The molecule has 0 saturated carbocycles. The maximum atomic E-state index is 12.4. The quantitative estimate of drug-likeness (QED) is 0.618. The van der Waals surface area contributed by atoms with Gasteiger partial charge in [-0.1, -0.05) is 18.2 Å². The summed E-state index contributed by atoms with van der Waals surface area (Å²) in [5.41, 5.74) is 1.79. The van der Waals surface area contributed by atoms with Crippen molar-refractivity contribution in [3.8, 4) is 11.5 Å². The number of methoxy groups -OCH3 is 1. The highest BCUT2D eigenvalue weighted by atomic mass is 32.2. The van der Waals surface area contributed by atoms with E-state index in [2.05, 4.69) is 15.4 Å². The monoisotopic (exact) mass is 402 g/mol.